The predicted molar refractivity (Wildman–Crippen MR) is 112 cm³/mol. The number of carbonyl (C=O) groups excluding carboxylic acids is 1. The smallest absolute Gasteiger partial charge is 0.264 e. The Hall–Kier alpha value is -1.18. The Morgan fingerprint density at radius 1 is 1.27 bits per heavy atom. The van der Waals surface area contributed by atoms with Gasteiger partial charge < -0.3 is 4.74 Å². The van der Waals surface area contributed by atoms with Crippen LogP contribution in [0.1, 0.15) is 34.1 Å². The molecule has 0 saturated carbocycles. The van der Waals surface area contributed by atoms with E-state index in [2.05, 4.69) is 29.4 Å². The van der Waals surface area contributed by atoms with Gasteiger partial charge in [0.25, 0.3) is 5.91 Å². The van der Waals surface area contributed by atoms with Crippen molar-refractivity contribution in [2.45, 2.75) is 30.8 Å². The van der Waals surface area contributed by atoms with Gasteiger partial charge >= 0.3 is 0 Å². The number of carbonyl (C=O) groups is 1. The van der Waals surface area contributed by atoms with Crippen LogP contribution in [0.15, 0.2) is 24.3 Å². The summed E-state index contributed by atoms with van der Waals surface area (Å²) in [6.45, 7) is 2.27. The summed E-state index contributed by atoms with van der Waals surface area (Å²) < 4.78 is 6.16. The zero-order chi connectivity index (χ0) is 17.9. The maximum atomic E-state index is 12.2. The largest absolute Gasteiger partial charge is 0.484 e. The standard InChI is InChI=1S/C19H22N2O2S3/c1-12-2-7-15-16(10-12)26-19(20-15)21-17(22)11-23-14-5-3-13(4-6-14)18-24-8-9-25-18/h3-6,12,18H,2,7-11H2,1H3,(H,20,21,22). The van der Waals surface area contributed by atoms with Crippen molar-refractivity contribution in [3.63, 3.8) is 0 Å². The minimum atomic E-state index is -0.157. The molecule has 1 saturated heterocycles. The number of amides is 1. The molecule has 1 N–H and O–H groups in total. The minimum absolute atomic E-state index is 0.00687. The van der Waals surface area contributed by atoms with Crippen molar-refractivity contribution in [2.75, 3.05) is 23.4 Å². The van der Waals surface area contributed by atoms with E-state index in [1.54, 1.807) is 11.3 Å². The molecule has 1 amide bonds. The molecule has 0 spiro atoms. The molecule has 26 heavy (non-hydrogen) atoms. The zero-order valence-electron chi connectivity index (χ0n) is 14.7. The number of thiazole rings is 1. The Labute approximate surface area is 166 Å². The number of benzene rings is 1. The van der Waals surface area contributed by atoms with Gasteiger partial charge in [-0.1, -0.05) is 19.1 Å². The Kier molecular flexibility index (Phi) is 5.76. The summed E-state index contributed by atoms with van der Waals surface area (Å²) in [7, 11) is 0. The Bertz CT molecular complexity index is 770. The van der Waals surface area contributed by atoms with Crippen LogP contribution in [0.2, 0.25) is 0 Å². The predicted octanol–water partition coefficient (Wildman–Crippen LogP) is 4.76. The number of aromatic nitrogens is 1. The normalized spacial score (nSPS) is 20.0. The maximum absolute atomic E-state index is 12.2. The van der Waals surface area contributed by atoms with E-state index in [0.29, 0.717) is 15.6 Å². The van der Waals surface area contributed by atoms with Gasteiger partial charge in [-0.25, -0.2) is 4.98 Å². The number of fused-ring (bicyclic) bond motifs is 1. The van der Waals surface area contributed by atoms with E-state index in [0.717, 1.165) is 24.3 Å². The lowest BCUT2D eigenvalue weighted by Gasteiger charge is -2.15. The maximum Gasteiger partial charge on any atom is 0.264 e. The number of nitrogens with one attached hydrogen (secondary N) is 1. The van der Waals surface area contributed by atoms with Crippen molar-refractivity contribution >= 4 is 45.9 Å². The molecule has 1 aromatic heterocycles. The van der Waals surface area contributed by atoms with Gasteiger partial charge in [-0.3, -0.25) is 10.1 Å². The van der Waals surface area contributed by atoms with Crippen molar-refractivity contribution in [1.29, 1.82) is 0 Å². The Morgan fingerprint density at radius 2 is 2.04 bits per heavy atom. The van der Waals surface area contributed by atoms with Gasteiger partial charge in [0, 0.05) is 16.4 Å². The fourth-order valence-electron chi connectivity index (χ4n) is 3.17. The summed E-state index contributed by atoms with van der Waals surface area (Å²) in [5, 5.41) is 3.57. The lowest BCUT2D eigenvalue weighted by Crippen LogP contribution is -2.20. The highest BCUT2D eigenvalue weighted by molar-refractivity contribution is 8.19. The van der Waals surface area contributed by atoms with Crippen LogP contribution in [0.5, 0.6) is 5.75 Å². The van der Waals surface area contributed by atoms with Gasteiger partial charge in [0.05, 0.1) is 10.3 Å². The van der Waals surface area contributed by atoms with E-state index in [1.807, 2.05) is 35.7 Å². The molecule has 1 atom stereocenters. The molecule has 1 aromatic carbocycles. The average molecular weight is 407 g/mol. The first-order valence-electron chi connectivity index (χ1n) is 8.92. The fraction of sp³-hybridized carbons (Fsp3) is 0.474. The SMILES string of the molecule is CC1CCc2nc(NC(=O)COc3ccc(C4SCCS4)cc3)sc2C1. The molecular weight excluding hydrogens is 384 g/mol. The number of hydrogen-bond donors (Lipinski definition) is 1. The van der Waals surface area contributed by atoms with Crippen LogP contribution in [0, 0.1) is 5.92 Å². The van der Waals surface area contributed by atoms with Crippen LogP contribution < -0.4 is 10.1 Å². The van der Waals surface area contributed by atoms with Crippen molar-refractivity contribution < 1.29 is 9.53 Å². The highest BCUT2D eigenvalue weighted by atomic mass is 32.2. The van der Waals surface area contributed by atoms with Crippen molar-refractivity contribution in [2.24, 2.45) is 5.92 Å². The molecular formula is C19H22N2O2S3. The first kappa shape index (κ1) is 18.2. The van der Waals surface area contributed by atoms with E-state index in [1.165, 1.54) is 28.4 Å². The summed E-state index contributed by atoms with van der Waals surface area (Å²) in [4.78, 5) is 18.0. The van der Waals surface area contributed by atoms with Crippen LogP contribution in [0.4, 0.5) is 5.13 Å². The molecule has 2 aromatic rings. The highest BCUT2D eigenvalue weighted by Crippen LogP contribution is 2.45. The summed E-state index contributed by atoms with van der Waals surface area (Å²) in [5.74, 6) is 3.71. The molecule has 2 aliphatic rings. The van der Waals surface area contributed by atoms with Crippen LogP contribution >= 0.6 is 34.9 Å². The van der Waals surface area contributed by atoms with Crippen molar-refractivity contribution in [3.8, 4) is 5.75 Å². The molecule has 0 bridgehead atoms. The lowest BCUT2D eigenvalue weighted by atomic mass is 9.93. The Balaban J connectivity index is 1.28. The number of aryl methyl sites for hydroxylation is 1. The quantitative estimate of drug-likeness (QED) is 0.775. The van der Waals surface area contributed by atoms with Crippen LogP contribution in [-0.4, -0.2) is 29.0 Å². The molecule has 1 fully saturated rings. The second-order valence-electron chi connectivity index (χ2n) is 6.72. The van der Waals surface area contributed by atoms with Gasteiger partial charge in [0.15, 0.2) is 11.7 Å². The van der Waals surface area contributed by atoms with Gasteiger partial charge in [-0.2, -0.15) is 0 Å². The number of thioether (sulfide) groups is 2. The molecule has 4 nitrogen and oxygen atoms in total. The number of hydrogen-bond acceptors (Lipinski definition) is 6. The number of nitrogens with zero attached hydrogens (tertiary/aromatic N) is 1. The third kappa shape index (κ3) is 4.38. The van der Waals surface area contributed by atoms with E-state index in [9.17, 15) is 4.79 Å². The van der Waals surface area contributed by atoms with E-state index in [-0.39, 0.29) is 12.5 Å². The first-order valence-corrected chi connectivity index (χ1v) is 11.8. The van der Waals surface area contributed by atoms with Crippen LogP contribution in [0.25, 0.3) is 0 Å². The topological polar surface area (TPSA) is 51.2 Å². The molecule has 4 rings (SSSR count). The van der Waals surface area contributed by atoms with E-state index < -0.39 is 0 Å². The van der Waals surface area contributed by atoms with Gasteiger partial charge in [0.2, 0.25) is 0 Å². The van der Waals surface area contributed by atoms with E-state index in [4.69, 9.17) is 4.74 Å². The number of rotatable bonds is 5. The lowest BCUT2D eigenvalue weighted by molar-refractivity contribution is -0.118. The number of ether oxygens (including phenoxy) is 1. The fourth-order valence-corrected chi connectivity index (χ4v) is 7.22. The van der Waals surface area contributed by atoms with Gasteiger partial charge in [-0.05, 0) is 42.9 Å². The molecule has 2 heterocycles. The number of anilines is 1. The molecule has 1 unspecified atom stereocenters. The molecule has 1 aliphatic carbocycles. The molecule has 138 valence electrons. The van der Waals surface area contributed by atoms with E-state index >= 15 is 0 Å². The highest BCUT2D eigenvalue weighted by Gasteiger charge is 2.21. The Morgan fingerprint density at radius 3 is 2.81 bits per heavy atom. The van der Waals surface area contributed by atoms with Crippen molar-refractivity contribution in [3.05, 3.63) is 40.4 Å². The summed E-state index contributed by atoms with van der Waals surface area (Å²) in [6, 6.07) is 8.09. The summed E-state index contributed by atoms with van der Waals surface area (Å²) >= 11 is 5.57. The molecule has 1 aliphatic heterocycles. The van der Waals surface area contributed by atoms with Gasteiger partial charge in [-0.15, -0.1) is 34.9 Å². The third-order valence-corrected chi connectivity index (χ3v) is 8.72. The third-order valence-electron chi connectivity index (χ3n) is 4.58. The summed E-state index contributed by atoms with van der Waals surface area (Å²) in [5.41, 5.74) is 2.47. The summed E-state index contributed by atoms with van der Waals surface area (Å²) in [6.07, 6.45) is 3.27. The van der Waals surface area contributed by atoms with Gasteiger partial charge in [0.1, 0.15) is 5.75 Å². The zero-order valence-corrected chi connectivity index (χ0v) is 17.1. The minimum Gasteiger partial charge on any atom is -0.484 e. The second kappa shape index (κ2) is 8.23. The average Bonchev–Trinajstić information content (AvgIpc) is 3.29. The van der Waals surface area contributed by atoms with Crippen molar-refractivity contribution in [1.82, 2.24) is 4.98 Å². The van der Waals surface area contributed by atoms with Crippen LogP contribution in [0.3, 0.4) is 0 Å². The first-order chi connectivity index (χ1) is 12.7. The second-order valence-corrected chi connectivity index (χ2v) is 10.5. The van der Waals surface area contributed by atoms with Crippen LogP contribution in [-0.2, 0) is 17.6 Å². The monoisotopic (exact) mass is 406 g/mol. The molecule has 7 heteroatoms. The molecule has 0 radical (unpaired) electrons.